The molecule has 0 aliphatic heterocycles. The van der Waals surface area contributed by atoms with E-state index in [2.05, 4.69) is 4.99 Å². The molecule has 2 rings (SSSR count). The number of aliphatic imine (C=N–C) groups is 1. The van der Waals surface area contributed by atoms with Crippen molar-refractivity contribution in [1.82, 2.24) is 0 Å². The molecule has 19 heavy (non-hydrogen) atoms. The van der Waals surface area contributed by atoms with Crippen molar-refractivity contribution in [3.8, 4) is 11.5 Å². The molecule has 98 valence electrons. The lowest BCUT2D eigenvalue weighted by Gasteiger charge is -2.06. The maximum absolute atomic E-state index is 9.97. The third kappa shape index (κ3) is 3.35. The second-order valence-electron chi connectivity index (χ2n) is 4.34. The van der Waals surface area contributed by atoms with Crippen LogP contribution in [0.3, 0.4) is 0 Å². The number of hydrogen-bond acceptors (Lipinski definition) is 3. The lowest BCUT2D eigenvalue weighted by molar-refractivity contribution is 0.411. The largest absolute Gasteiger partial charge is 0.507 e. The van der Waals surface area contributed by atoms with E-state index in [9.17, 15) is 5.11 Å². The van der Waals surface area contributed by atoms with E-state index in [0.717, 1.165) is 16.9 Å². The summed E-state index contributed by atoms with van der Waals surface area (Å²) in [6, 6.07) is 13.6. The van der Waals surface area contributed by atoms with Gasteiger partial charge in [-0.05, 0) is 30.2 Å². The highest BCUT2D eigenvalue weighted by Crippen LogP contribution is 2.26. The highest BCUT2D eigenvalue weighted by atomic mass is 16.5. The Morgan fingerprint density at radius 2 is 1.95 bits per heavy atom. The highest BCUT2D eigenvalue weighted by Gasteiger charge is 2.05. The lowest BCUT2D eigenvalue weighted by atomic mass is 10.1. The molecule has 0 aliphatic rings. The summed E-state index contributed by atoms with van der Waals surface area (Å²) in [5, 5.41) is 9.97. The van der Waals surface area contributed by atoms with Crippen LogP contribution in [0.25, 0.3) is 0 Å². The fraction of sp³-hybridized carbons (Fsp3) is 0.188. The minimum Gasteiger partial charge on any atom is -0.507 e. The second-order valence-corrected chi connectivity index (χ2v) is 4.34. The average molecular weight is 255 g/mol. The van der Waals surface area contributed by atoms with Gasteiger partial charge in [-0.2, -0.15) is 0 Å². The summed E-state index contributed by atoms with van der Waals surface area (Å²) in [4.78, 5) is 4.35. The molecule has 0 heterocycles. The van der Waals surface area contributed by atoms with E-state index >= 15 is 0 Å². The molecule has 0 saturated heterocycles. The standard InChI is InChI=1S/C16H17NO2/c1-12-8-15(19-2)9-14(16(12)18)11-17-10-13-6-4-3-5-7-13/h3-9,11,18H,10H2,1-2H3. The zero-order chi connectivity index (χ0) is 13.7. The number of aryl methyl sites for hydroxylation is 1. The number of methoxy groups -OCH3 is 1. The number of benzene rings is 2. The highest BCUT2D eigenvalue weighted by molar-refractivity contribution is 5.84. The molecule has 0 fully saturated rings. The Bertz CT molecular complexity index is 577. The SMILES string of the molecule is COc1cc(C)c(O)c(C=NCc2ccccc2)c1. The van der Waals surface area contributed by atoms with Crippen LogP contribution in [0, 0.1) is 6.92 Å². The van der Waals surface area contributed by atoms with Gasteiger partial charge in [0.05, 0.1) is 13.7 Å². The summed E-state index contributed by atoms with van der Waals surface area (Å²) in [6.45, 7) is 2.43. The Balaban J connectivity index is 2.16. The molecule has 0 saturated carbocycles. The van der Waals surface area contributed by atoms with Crippen LogP contribution in [0.2, 0.25) is 0 Å². The molecule has 2 aromatic carbocycles. The van der Waals surface area contributed by atoms with Crippen molar-refractivity contribution >= 4 is 6.21 Å². The number of phenols is 1. The van der Waals surface area contributed by atoms with E-state index < -0.39 is 0 Å². The van der Waals surface area contributed by atoms with Crippen LogP contribution < -0.4 is 4.74 Å². The number of hydrogen-bond donors (Lipinski definition) is 1. The van der Waals surface area contributed by atoms with Crippen LogP contribution >= 0.6 is 0 Å². The van der Waals surface area contributed by atoms with E-state index in [0.29, 0.717) is 12.1 Å². The third-order valence-electron chi connectivity index (χ3n) is 2.89. The van der Waals surface area contributed by atoms with Crippen molar-refractivity contribution < 1.29 is 9.84 Å². The van der Waals surface area contributed by atoms with Gasteiger partial charge in [0.25, 0.3) is 0 Å². The zero-order valence-corrected chi connectivity index (χ0v) is 11.1. The number of nitrogens with zero attached hydrogens (tertiary/aromatic N) is 1. The van der Waals surface area contributed by atoms with Crippen molar-refractivity contribution in [2.45, 2.75) is 13.5 Å². The van der Waals surface area contributed by atoms with Gasteiger partial charge in [-0.3, -0.25) is 4.99 Å². The minimum absolute atomic E-state index is 0.248. The van der Waals surface area contributed by atoms with Gasteiger partial charge in [0.15, 0.2) is 0 Å². The fourth-order valence-corrected chi connectivity index (χ4v) is 1.82. The Hall–Kier alpha value is -2.29. The number of phenolic OH excluding ortho intramolecular Hbond substituents is 1. The van der Waals surface area contributed by atoms with Gasteiger partial charge in [-0.15, -0.1) is 0 Å². The quantitative estimate of drug-likeness (QED) is 0.851. The first kappa shape index (κ1) is 13.1. The van der Waals surface area contributed by atoms with Gasteiger partial charge in [-0.1, -0.05) is 30.3 Å². The second kappa shape index (κ2) is 6.05. The molecule has 2 aromatic rings. The van der Waals surface area contributed by atoms with E-state index in [1.54, 1.807) is 25.5 Å². The molecule has 0 amide bonds. The predicted molar refractivity (Wildman–Crippen MR) is 77.1 cm³/mol. The summed E-state index contributed by atoms with van der Waals surface area (Å²) < 4.78 is 5.18. The maximum atomic E-state index is 9.97. The van der Waals surface area contributed by atoms with Crippen LogP contribution in [-0.4, -0.2) is 18.4 Å². The minimum atomic E-state index is 0.248. The Kier molecular flexibility index (Phi) is 4.18. The van der Waals surface area contributed by atoms with Gasteiger partial charge in [-0.25, -0.2) is 0 Å². The lowest BCUT2D eigenvalue weighted by Crippen LogP contribution is -1.91. The van der Waals surface area contributed by atoms with Crippen LogP contribution in [0.1, 0.15) is 16.7 Å². The summed E-state index contributed by atoms with van der Waals surface area (Å²) in [7, 11) is 1.61. The van der Waals surface area contributed by atoms with E-state index in [4.69, 9.17) is 4.74 Å². The summed E-state index contributed by atoms with van der Waals surface area (Å²) in [5.74, 6) is 0.967. The van der Waals surface area contributed by atoms with Crippen LogP contribution in [0.4, 0.5) is 0 Å². The zero-order valence-electron chi connectivity index (χ0n) is 11.1. The van der Waals surface area contributed by atoms with Gasteiger partial charge >= 0.3 is 0 Å². The number of rotatable bonds is 4. The smallest absolute Gasteiger partial charge is 0.127 e. The molecule has 0 aliphatic carbocycles. The first-order chi connectivity index (χ1) is 9.20. The summed E-state index contributed by atoms with van der Waals surface area (Å²) >= 11 is 0. The predicted octanol–water partition coefficient (Wildman–Crippen LogP) is 3.33. The van der Waals surface area contributed by atoms with Crippen molar-refractivity contribution in [2.75, 3.05) is 7.11 Å². The van der Waals surface area contributed by atoms with Crippen LogP contribution in [0.5, 0.6) is 11.5 Å². The molecular weight excluding hydrogens is 238 g/mol. The summed E-state index contributed by atoms with van der Waals surface area (Å²) in [6.07, 6.45) is 1.68. The monoisotopic (exact) mass is 255 g/mol. The van der Waals surface area contributed by atoms with Gasteiger partial charge in [0, 0.05) is 11.8 Å². The molecular formula is C16H17NO2. The maximum Gasteiger partial charge on any atom is 0.127 e. The Morgan fingerprint density at radius 3 is 2.63 bits per heavy atom. The molecule has 1 N–H and O–H groups in total. The first-order valence-corrected chi connectivity index (χ1v) is 6.12. The molecule has 3 nitrogen and oxygen atoms in total. The Morgan fingerprint density at radius 1 is 1.21 bits per heavy atom. The normalized spacial score (nSPS) is 10.8. The van der Waals surface area contributed by atoms with Gasteiger partial charge in [0.1, 0.15) is 11.5 Å². The van der Waals surface area contributed by atoms with E-state index in [-0.39, 0.29) is 5.75 Å². The summed E-state index contributed by atoms with van der Waals surface area (Å²) in [5.41, 5.74) is 2.59. The number of aromatic hydroxyl groups is 1. The molecule has 0 aromatic heterocycles. The first-order valence-electron chi connectivity index (χ1n) is 6.12. The van der Waals surface area contributed by atoms with Gasteiger partial charge < -0.3 is 9.84 Å². The van der Waals surface area contributed by atoms with Crippen LogP contribution in [0.15, 0.2) is 47.5 Å². The van der Waals surface area contributed by atoms with Gasteiger partial charge in [0.2, 0.25) is 0 Å². The van der Waals surface area contributed by atoms with Crippen molar-refractivity contribution in [3.05, 3.63) is 59.2 Å². The Labute approximate surface area is 113 Å². The molecule has 0 radical (unpaired) electrons. The molecule has 3 heteroatoms. The van der Waals surface area contributed by atoms with E-state index in [1.807, 2.05) is 37.3 Å². The van der Waals surface area contributed by atoms with Crippen molar-refractivity contribution in [3.63, 3.8) is 0 Å². The van der Waals surface area contributed by atoms with Crippen molar-refractivity contribution in [2.24, 2.45) is 4.99 Å². The molecule has 0 bridgehead atoms. The van der Waals surface area contributed by atoms with E-state index in [1.165, 1.54) is 0 Å². The average Bonchev–Trinajstić information content (AvgIpc) is 2.44. The molecule has 0 spiro atoms. The molecule has 0 unspecified atom stereocenters. The van der Waals surface area contributed by atoms with Crippen molar-refractivity contribution in [1.29, 1.82) is 0 Å². The fourth-order valence-electron chi connectivity index (χ4n) is 1.82. The third-order valence-corrected chi connectivity index (χ3v) is 2.89. The van der Waals surface area contributed by atoms with Crippen LogP contribution in [-0.2, 0) is 6.54 Å². The molecule has 0 atom stereocenters. The topological polar surface area (TPSA) is 41.8 Å². The number of ether oxygens (including phenoxy) is 1.